The Hall–Kier alpha value is 0.820. The van der Waals surface area contributed by atoms with Crippen molar-refractivity contribution in [3.05, 3.63) is 0 Å². The van der Waals surface area contributed by atoms with Gasteiger partial charge in [-0.25, -0.2) is 0 Å². The normalized spacial score (nSPS) is 28.9. The Bertz CT molecular complexity index is 252. The molecule has 2 aliphatic rings. The number of piperidine rings is 1. The van der Waals surface area contributed by atoms with E-state index in [1.165, 1.54) is 19.3 Å². The molecule has 1 atom stereocenters. The largest absolute Gasteiger partial charge is 0.358 e. The number of rotatable bonds is 2. The third-order valence-electron chi connectivity index (χ3n) is 2.98. The lowest BCUT2D eigenvalue weighted by Crippen LogP contribution is -2.32. The minimum atomic E-state index is -0.454. The van der Waals surface area contributed by atoms with E-state index in [0.717, 1.165) is 29.6 Å². The van der Waals surface area contributed by atoms with Crippen LogP contribution in [0.15, 0.2) is 0 Å². The van der Waals surface area contributed by atoms with E-state index in [-0.39, 0.29) is 0 Å². The average Bonchev–Trinajstić information content (AvgIpc) is 2.84. The third-order valence-corrected chi connectivity index (χ3v) is 5.59. The summed E-state index contributed by atoms with van der Waals surface area (Å²) >= 11 is 19.1. The van der Waals surface area contributed by atoms with E-state index >= 15 is 0 Å². The number of hydrogen-bond donors (Lipinski definition) is 0. The van der Waals surface area contributed by atoms with Crippen molar-refractivity contribution in [2.75, 3.05) is 18.8 Å². The van der Waals surface area contributed by atoms with Gasteiger partial charge in [0.15, 0.2) is 0 Å². The number of hydrogen-bond acceptors (Lipinski definition) is 2. The first kappa shape index (κ1) is 12.3. The van der Waals surface area contributed by atoms with Gasteiger partial charge in [0.25, 0.3) is 0 Å². The molecule has 1 unspecified atom stereocenters. The number of halogens is 2. The van der Waals surface area contributed by atoms with Crippen LogP contribution in [0.5, 0.6) is 0 Å². The van der Waals surface area contributed by atoms with Crippen LogP contribution in [0.25, 0.3) is 0 Å². The minimum Gasteiger partial charge on any atom is -0.358 e. The Balaban J connectivity index is 1.68. The Morgan fingerprint density at radius 3 is 2.47 bits per heavy atom. The van der Waals surface area contributed by atoms with Gasteiger partial charge in [0.05, 0.1) is 0 Å². The van der Waals surface area contributed by atoms with Crippen molar-refractivity contribution in [2.45, 2.75) is 30.0 Å². The molecular formula is C10H15Cl2NS2. The summed E-state index contributed by atoms with van der Waals surface area (Å²) in [6, 6.07) is 0. The molecule has 0 amide bonds. The lowest BCUT2D eigenvalue weighted by atomic mass is 10.1. The van der Waals surface area contributed by atoms with E-state index in [9.17, 15) is 0 Å². The summed E-state index contributed by atoms with van der Waals surface area (Å²) in [7, 11) is 0. The Morgan fingerprint density at radius 1 is 1.33 bits per heavy atom. The van der Waals surface area contributed by atoms with Crippen LogP contribution in [-0.2, 0) is 0 Å². The molecule has 2 fully saturated rings. The number of likely N-dealkylation sites (tertiary alicyclic amines) is 1. The van der Waals surface area contributed by atoms with Gasteiger partial charge in [0.1, 0.15) is 8.65 Å². The average molecular weight is 284 g/mol. The quantitative estimate of drug-likeness (QED) is 0.562. The number of alkyl halides is 2. The zero-order valence-electron chi connectivity index (χ0n) is 8.55. The van der Waals surface area contributed by atoms with Gasteiger partial charge in [-0.3, -0.25) is 0 Å². The molecule has 0 aromatic carbocycles. The molecular weight excluding hydrogens is 269 g/mol. The fourth-order valence-corrected chi connectivity index (χ4v) is 4.00. The van der Waals surface area contributed by atoms with Gasteiger partial charge in [-0.15, -0.1) is 23.2 Å². The van der Waals surface area contributed by atoms with Crippen LogP contribution >= 0.6 is 47.2 Å². The van der Waals surface area contributed by atoms with Crippen molar-refractivity contribution in [2.24, 2.45) is 5.92 Å². The predicted octanol–water partition coefficient (Wildman–Crippen LogP) is 3.68. The molecule has 86 valence electrons. The zero-order chi connectivity index (χ0) is 10.9. The molecule has 1 heterocycles. The van der Waals surface area contributed by atoms with Crippen LogP contribution in [0.1, 0.15) is 25.7 Å². The molecule has 5 heteroatoms. The third kappa shape index (κ3) is 3.39. The standard InChI is InChI=1S/C10H15Cl2NS2/c11-10(12)6-8(10)7-15-9(14)13-4-2-1-3-5-13/h8H,1-7H2. The van der Waals surface area contributed by atoms with Gasteiger partial charge >= 0.3 is 0 Å². The van der Waals surface area contributed by atoms with Crippen LogP contribution in [-0.4, -0.2) is 32.4 Å². The van der Waals surface area contributed by atoms with Gasteiger partial charge in [-0.2, -0.15) is 0 Å². The summed E-state index contributed by atoms with van der Waals surface area (Å²) in [5.41, 5.74) is 0. The Morgan fingerprint density at radius 2 is 1.93 bits per heavy atom. The van der Waals surface area contributed by atoms with Gasteiger partial charge in [-0.1, -0.05) is 24.0 Å². The minimum absolute atomic E-state index is 0.438. The van der Waals surface area contributed by atoms with Crippen LogP contribution in [0, 0.1) is 5.92 Å². The molecule has 1 aliphatic carbocycles. The monoisotopic (exact) mass is 283 g/mol. The molecule has 2 rings (SSSR count). The Kier molecular flexibility index (Phi) is 4.08. The lowest BCUT2D eigenvalue weighted by molar-refractivity contribution is 0.352. The van der Waals surface area contributed by atoms with E-state index in [4.69, 9.17) is 35.4 Å². The molecule has 0 radical (unpaired) electrons. The maximum Gasteiger partial charge on any atom is 0.136 e. The fourth-order valence-electron chi connectivity index (χ4n) is 1.79. The Labute approximate surface area is 111 Å². The molecule has 1 nitrogen and oxygen atoms in total. The van der Waals surface area contributed by atoms with Crippen LogP contribution in [0.4, 0.5) is 0 Å². The summed E-state index contributed by atoms with van der Waals surface area (Å²) < 4.78 is 0.579. The lowest BCUT2D eigenvalue weighted by Gasteiger charge is -2.28. The van der Waals surface area contributed by atoms with Gasteiger partial charge < -0.3 is 4.90 Å². The highest BCUT2D eigenvalue weighted by atomic mass is 35.5. The molecule has 0 bridgehead atoms. The molecule has 1 saturated carbocycles. The second-order valence-electron chi connectivity index (χ2n) is 4.29. The van der Waals surface area contributed by atoms with Gasteiger partial charge in [0.2, 0.25) is 0 Å². The highest BCUT2D eigenvalue weighted by molar-refractivity contribution is 8.22. The van der Waals surface area contributed by atoms with Crippen molar-refractivity contribution >= 4 is 51.5 Å². The van der Waals surface area contributed by atoms with E-state index in [1.54, 1.807) is 11.8 Å². The smallest absolute Gasteiger partial charge is 0.136 e. The summed E-state index contributed by atoms with van der Waals surface area (Å²) in [6.45, 7) is 2.26. The van der Waals surface area contributed by atoms with Gasteiger partial charge in [-0.05, 0) is 25.7 Å². The highest BCUT2D eigenvalue weighted by Crippen LogP contribution is 2.54. The molecule has 1 aliphatic heterocycles. The predicted molar refractivity (Wildman–Crippen MR) is 73.0 cm³/mol. The van der Waals surface area contributed by atoms with Crippen molar-refractivity contribution in [1.29, 1.82) is 0 Å². The van der Waals surface area contributed by atoms with Crippen LogP contribution < -0.4 is 0 Å². The fraction of sp³-hybridized carbons (Fsp3) is 0.900. The summed E-state index contributed by atoms with van der Waals surface area (Å²) in [5.74, 6) is 1.41. The van der Waals surface area contributed by atoms with Crippen molar-refractivity contribution in [3.63, 3.8) is 0 Å². The second kappa shape index (κ2) is 4.99. The van der Waals surface area contributed by atoms with E-state index in [0.29, 0.717) is 5.92 Å². The van der Waals surface area contributed by atoms with E-state index in [2.05, 4.69) is 4.90 Å². The van der Waals surface area contributed by atoms with E-state index < -0.39 is 4.33 Å². The first-order valence-corrected chi connectivity index (χ1v) is 7.54. The van der Waals surface area contributed by atoms with Crippen molar-refractivity contribution < 1.29 is 0 Å². The molecule has 0 aromatic rings. The molecule has 0 spiro atoms. The maximum absolute atomic E-state index is 5.97. The zero-order valence-corrected chi connectivity index (χ0v) is 11.7. The number of nitrogens with zero attached hydrogens (tertiary/aromatic N) is 1. The molecule has 0 aromatic heterocycles. The van der Waals surface area contributed by atoms with Gasteiger partial charge in [0, 0.05) is 24.8 Å². The highest BCUT2D eigenvalue weighted by Gasteiger charge is 2.51. The maximum atomic E-state index is 5.97. The number of thiocarbonyl (C=S) groups is 1. The first-order valence-electron chi connectivity index (χ1n) is 5.39. The summed E-state index contributed by atoms with van der Waals surface area (Å²) in [6.07, 6.45) is 4.82. The molecule has 1 saturated heterocycles. The number of thioether (sulfide) groups is 1. The SMILES string of the molecule is S=C(SCC1CC1(Cl)Cl)N1CCCCC1. The topological polar surface area (TPSA) is 3.24 Å². The first-order chi connectivity index (χ1) is 7.09. The van der Waals surface area contributed by atoms with E-state index in [1.807, 2.05) is 0 Å². The summed E-state index contributed by atoms with van der Waals surface area (Å²) in [4.78, 5) is 2.32. The van der Waals surface area contributed by atoms with Crippen LogP contribution in [0.3, 0.4) is 0 Å². The molecule has 0 N–H and O–H groups in total. The summed E-state index contributed by atoms with van der Waals surface area (Å²) in [5, 5.41) is 0. The van der Waals surface area contributed by atoms with Crippen LogP contribution in [0.2, 0.25) is 0 Å². The van der Waals surface area contributed by atoms with Crippen molar-refractivity contribution in [1.82, 2.24) is 4.90 Å². The van der Waals surface area contributed by atoms with Crippen molar-refractivity contribution in [3.8, 4) is 0 Å². The molecule has 15 heavy (non-hydrogen) atoms. The second-order valence-corrected chi connectivity index (χ2v) is 7.48.